The lowest BCUT2D eigenvalue weighted by molar-refractivity contribution is -0.147. The molecule has 1 aromatic rings. The first kappa shape index (κ1) is 20.5. The van der Waals surface area contributed by atoms with E-state index in [4.69, 9.17) is 16.3 Å². The van der Waals surface area contributed by atoms with Crippen LogP contribution in [0.4, 0.5) is 0 Å². The standard InChI is InChI=1S/C19H27ClN2O2.ClH/c1-24-19(10-12-21-13-11-19)17(23)22-14-18(8-2-3-9-18)15-4-6-16(20)7-5-15;/h4-7,21H,2-3,8-14H2,1H3,(H,22,23);1H. The van der Waals surface area contributed by atoms with Crippen LogP contribution in [0.1, 0.15) is 44.1 Å². The Kier molecular flexibility index (Phi) is 7.15. The van der Waals surface area contributed by atoms with Gasteiger partial charge in [0.25, 0.3) is 5.91 Å². The molecule has 140 valence electrons. The van der Waals surface area contributed by atoms with Crippen molar-refractivity contribution in [2.45, 2.75) is 49.5 Å². The number of carbonyl (C=O) groups excluding carboxylic acids is 1. The van der Waals surface area contributed by atoms with E-state index in [1.54, 1.807) is 7.11 Å². The quantitative estimate of drug-likeness (QED) is 0.814. The molecule has 1 aliphatic carbocycles. The monoisotopic (exact) mass is 386 g/mol. The van der Waals surface area contributed by atoms with E-state index < -0.39 is 5.60 Å². The summed E-state index contributed by atoms with van der Waals surface area (Å²) in [6.07, 6.45) is 6.08. The van der Waals surface area contributed by atoms with Gasteiger partial charge < -0.3 is 15.4 Å². The van der Waals surface area contributed by atoms with Crippen LogP contribution < -0.4 is 10.6 Å². The minimum absolute atomic E-state index is 0. The molecule has 25 heavy (non-hydrogen) atoms. The molecule has 0 unspecified atom stereocenters. The first-order chi connectivity index (χ1) is 11.6. The Labute approximate surface area is 161 Å². The molecule has 1 aliphatic heterocycles. The second kappa shape index (κ2) is 8.72. The van der Waals surface area contributed by atoms with E-state index in [1.165, 1.54) is 18.4 Å². The van der Waals surface area contributed by atoms with Gasteiger partial charge in [0.15, 0.2) is 0 Å². The van der Waals surface area contributed by atoms with Crippen LogP contribution in [0.3, 0.4) is 0 Å². The first-order valence-electron chi connectivity index (χ1n) is 8.91. The summed E-state index contributed by atoms with van der Waals surface area (Å²) in [6, 6.07) is 8.11. The summed E-state index contributed by atoms with van der Waals surface area (Å²) in [5.41, 5.74) is 0.633. The van der Waals surface area contributed by atoms with Crippen molar-refractivity contribution in [3.8, 4) is 0 Å². The van der Waals surface area contributed by atoms with Crippen molar-refractivity contribution in [1.82, 2.24) is 10.6 Å². The molecule has 1 saturated carbocycles. The molecular formula is C19H28Cl2N2O2. The maximum Gasteiger partial charge on any atom is 0.252 e. The highest BCUT2D eigenvalue weighted by Crippen LogP contribution is 2.41. The van der Waals surface area contributed by atoms with Gasteiger partial charge in [0.05, 0.1) is 0 Å². The average molecular weight is 387 g/mol. The lowest BCUT2D eigenvalue weighted by atomic mass is 9.78. The molecule has 4 nitrogen and oxygen atoms in total. The van der Waals surface area contributed by atoms with Crippen LogP contribution in [0.25, 0.3) is 0 Å². The third-order valence-corrected chi connectivity index (χ3v) is 6.07. The second-order valence-electron chi connectivity index (χ2n) is 7.13. The van der Waals surface area contributed by atoms with Crippen molar-refractivity contribution in [2.75, 3.05) is 26.7 Å². The summed E-state index contributed by atoms with van der Waals surface area (Å²) in [4.78, 5) is 12.9. The van der Waals surface area contributed by atoms with Gasteiger partial charge in [-0.2, -0.15) is 0 Å². The van der Waals surface area contributed by atoms with Crippen molar-refractivity contribution in [1.29, 1.82) is 0 Å². The summed E-state index contributed by atoms with van der Waals surface area (Å²) in [5, 5.41) is 7.26. The first-order valence-corrected chi connectivity index (χ1v) is 9.28. The minimum atomic E-state index is -0.676. The molecule has 0 atom stereocenters. The van der Waals surface area contributed by atoms with Crippen LogP contribution in [0.5, 0.6) is 0 Å². The van der Waals surface area contributed by atoms with Crippen LogP contribution in [-0.4, -0.2) is 38.3 Å². The van der Waals surface area contributed by atoms with Crippen LogP contribution in [0.2, 0.25) is 5.02 Å². The number of hydrogen-bond donors (Lipinski definition) is 2. The van der Waals surface area contributed by atoms with E-state index >= 15 is 0 Å². The van der Waals surface area contributed by atoms with E-state index in [1.807, 2.05) is 12.1 Å². The zero-order valence-electron chi connectivity index (χ0n) is 14.8. The highest BCUT2D eigenvalue weighted by molar-refractivity contribution is 6.30. The number of ether oxygens (including phenoxy) is 1. The number of methoxy groups -OCH3 is 1. The van der Waals surface area contributed by atoms with E-state index in [-0.39, 0.29) is 23.7 Å². The number of rotatable bonds is 5. The van der Waals surface area contributed by atoms with Crippen LogP contribution in [0.15, 0.2) is 24.3 Å². The van der Waals surface area contributed by atoms with E-state index in [2.05, 4.69) is 22.8 Å². The third-order valence-electron chi connectivity index (χ3n) is 5.82. The van der Waals surface area contributed by atoms with Gasteiger partial charge in [0.1, 0.15) is 5.60 Å². The van der Waals surface area contributed by atoms with Crippen molar-refractivity contribution in [3.05, 3.63) is 34.9 Å². The van der Waals surface area contributed by atoms with Gasteiger partial charge in [-0.05, 0) is 56.5 Å². The summed E-state index contributed by atoms with van der Waals surface area (Å²) < 4.78 is 5.64. The third kappa shape index (κ3) is 4.30. The number of nitrogens with one attached hydrogen (secondary N) is 2. The van der Waals surface area contributed by atoms with Gasteiger partial charge in [-0.25, -0.2) is 0 Å². The topological polar surface area (TPSA) is 50.4 Å². The Hall–Kier alpha value is -0.810. The fourth-order valence-corrected chi connectivity index (χ4v) is 4.31. The van der Waals surface area contributed by atoms with Crippen LogP contribution in [0, 0.1) is 0 Å². The fourth-order valence-electron chi connectivity index (χ4n) is 4.19. The fraction of sp³-hybridized carbons (Fsp3) is 0.632. The summed E-state index contributed by atoms with van der Waals surface area (Å²) in [5.74, 6) is 0.0340. The highest BCUT2D eigenvalue weighted by atomic mass is 35.5. The number of carbonyl (C=O) groups is 1. The molecule has 0 bridgehead atoms. The maximum atomic E-state index is 12.9. The molecule has 0 spiro atoms. The van der Waals surface area contributed by atoms with Crippen molar-refractivity contribution < 1.29 is 9.53 Å². The molecule has 2 fully saturated rings. The lowest BCUT2D eigenvalue weighted by Gasteiger charge is -2.37. The SMILES string of the molecule is COC1(C(=O)NCC2(c3ccc(Cl)cc3)CCCC2)CCNCC1.Cl. The van der Waals surface area contributed by atoms with Crippen LogP contribution >= 0.6 is 24.0 Å². The highest BCUT2D eigenvalue weighted by Gasteiger charge is 2.42. The molecule has 1 saturated heterocycles. The Bertz CT molecular complexity index is 565. The van der Waals surface area contributed by atoms with E-state index in [9.17, 15) is 4.79 Å². The van der Waals surface area contributed by atoms with Crippen molar-refractivity contribution in [3.63, 3.8) is 0 Å². The molecule has 2 N–H and O–H groups in total. The smallest absolute Gasteiger partial charge is 0.252 e. The number of piperidine rings is 1. The van der Waals surface area contributed by atoms with E-state index in [0.29, 0.717) is 6.54 Å². The Morgan fingerprint density at radius 1 is 1.16 bits per heavy atom. The maximum absolute atomic E-state index is 12.9. The average Bonchev–Trinajstić information content (AvgIpc) is 3.11. The molecule has 3 rings (SSSR count). The molecule has 1 heterocycles. The van der Waals surface area contributed by atoms with Gasteiger partial charge >= 0.3 is 0 Å². The van der Waals surface area contributed by atoms with E-state index in [0.717, 1.165) is 43.8 Å². The number of halogens is 2. The molecule has 1 aromatic carbocycles. The lowest BCUT2D eigenvalue weighted by Crippen LogP contribution is -2.55. The molecule has 1 amide bonds. The predicted molar refractivity (Wildman–Crippen MR) is 104 cm³/mol. The Morgan fingerprint density at radius 3 is 2.32 bits per heavy atom. The van der Waals surface area contributed by atoms with Crippen LogP contribution in [-0.2, 0) is 14.9 Å². The molecule has 0 aromatic heterocycles. The largest absolute Gasteiger partial charge is 0.368 e. The summed E-state index contributed by atoms with van der Waals surface area (Å²) in [6.45, 7) is 2.32. The van der Waals surface area contributed by atoms with Gasteiger partial charge in [0, 0.05) is 24.1 Å². The molecular weight excluding hydrogens is 359 g/mol. The number of benzene rings is 1. The Balaban J connectivity index is 0.00000225. The van der Waals surface area contributed by atoms with Crippen molar-refractivity contribution >= 4 is 29.9 Å². The zero-order chi connectivity index (χ0) is 17.0. The van der Waals surface area contributed by atoms with Gasteiger partial charge in [-0.15, -0.1) is 12.4 Å². The molecule has 6 heteroatoms. The zero-order valence-corrected chi connectivity index (χ0v) is 16.3. The molecule has 0 radical (unpaired) electrons. The van der Waals surface area contributed by atoms with Gasteiger partial charge in [-0.1, -0.05) is 36.6 Å². The minimum Gasteiger partial charge on any atom is -0.368 e. The predicted octanol–water partition coefficient (Wildman–Crippen LogP) is 3.46. The number of amides is 1. The number of hydrogen-bond acceptors (Lipinski definition) is 3. The normalized spacial score (nSPS) is 21.4. The summed E-state index contributed by atoms with van der Waals surface area (Å²) >= 11 is 6.04. The molecule has 2 aliphatic rings. The Morgan fingerprint density at radius 2 is 1.76 bits per heavy atom. The van der Waals surface area contributed by atoms with Gasteiger partial charge in [0.2, 0.25) is 0 Å². The van der Waals surface area contributed by atoms with Crippen molar-refractivity contribution in [2.24, 2.45) is 0 Å². The van der Waals surface area contributed by atoms with Gasteiger partial charge in [-0.3, -0.25) is 4.79 Å². The summed E-state index contributed by atoms with van der Waals surface area (Å²) in [7, 11) is 1.65. The second-order valence-corrected chi connectivity index (χ2v) is 7.56.